The van der Waals surface area contributed by atoms with Crippen LogP contribution in [0.4, 0.5) is 23.2 Å². The molecule has 1 amide bonds. The second kappa shape index (κ2) is 6.71. The SMILES string of the molecule is Cc1cc(=O)n(-c2cc(N(C)C(=O)C(F)(F)F)c(C#N)cc2F)c(=O)n1C. The van der Waals surface area contributed by atoms with Crippen LogP contribution in [0.15, 0.2) is 27.8 Å². The van der Waals surface area contributed by atoms with Crippen LogP contribution in [0, 0.1) is 24.1 Å². The molecular formula is C16H12F4N4O3. The monoisotopic (exact) mass is 384 g/mol. The molecule has 1 aromatic heterocycles. The minimum absolute atomic E-state index is 0.102. The number of alkyl halides is 3. The van der Waals surface area contributed by atoms with Crippen molar-refractivity contribution in [2.45, 2.75) is 13.1 Å². The number of nitriles is 1. The lowest BCUT2D eigenvalue weighted by Gasteiger charge is -2.21. The Morgan fingerprint density at radius 3 is 2.33 bits per heavy atom. The van der Waals surface area contributed by atoms with Crippen molar-refractivity contribution < 1.29 is 22.4 Å². The number of aromatic nitrogens is 2. The molecule has 2 rings (SSSR count). The summed E-state index contributed by atoms with van der Waals surface area (Å²) in [5, 5.41) is 9.06. The summed E-state index contributed by atoms with van der Waals surface area (Å²) in [6.07, 6.45) is -5.24. The van der Waals surface area contributed by atoms with Crippen molar-refractivity contribution in [3.05, 3.63) is 56.1 Å². The fourth-order valence-electron chi connectivity index (χ4n) is 2.35. The average Bonchev–Trinajstić information content (AvgIpc) is 2.58. The van der Waals surface area contributed by atoms with Crippen LogP contribution in [0.3, 0.4) is 0 Å². The third-order valence-corrected chi connectivity index (χ3v) is 3.90. The van der Waals surface area contributed by atoms with Crippen molar-refractivity contribution in [2.75, 3.05) is 11.9 Å². The van der Waals surface area contributed by atoms with Crippen molar-refractivity contribution in [1.82, 2.24) is 9.13 Å². The maximum atomic E-state index is 14.4. The van der Waals surface area contributed by atoms with Gasteiger partial charge in [0, 0.05) is 25.9 Å². The molecule has 0 aliphatic rings. The summed E-state index contributed by atoms with van der Waals surface area (Å²) >= 11 is 0. The van der Waals surface area contributed by atoms with E-state index in [4.69, 9.17) is 5.26 Å². The number of halogens is 4. The van der Waals surface area contributed by atoms with Crippen LogP contribution in [-0.4, -0.2) is 28.3 Å². The van der Waals surface area contributed by atoms with Gasteiger partial charge in [0.25, 0.3) is 5.56 Å². The van der Waals surface area contributed by atoms with E-state index in [9.17, 15) is 31.9 Å². The summed E-state index contributed by atoms with van der Waals surface area (Å²) in [5.74, 6) is -3.49. The summed E-state index contributed by atoms with van der Waals surface area (Å²) < 4.78 is 53.9. The highest BCUT2D eigenvalue weighted by Gasteiger charge is 2.42. The van der Waals surface area contributed by atoms with E-state index in [1.807, 2.05) is 0 Å². The fraction of sp³-hybridized carbons (Fsp3) is 0.250. The molecule has 0 radical (unpaired) electrons. The van der Waals surface area contributed by atoms with Gasteiger partial charge in [0.15, 0.2) is 0 Å². The Hall–Kier alpha value is -3.42. The van der Waals surface area contributed by atoms with Crippen molar-refractivity contribution >= 4 is 11.6 Å². The third-order valence-electron chi connectivity index (χ3n) is 3.90. The van der Waals surface area contributed by atoms with Gasteiger partial charge in [-0.2, -0.15) is 18.4 Å². The summed E-state index contributed by atoms with van der Waals surface area (Å²) in [6, 6.07) is 3.74. The van der Waals surface area contributed by atoms with Crippen molar-refractivity contribution in [1.29, 1.82) is 5.26 Å². The van der Waals surface area contributed by atoms with Crippen molar-refractivity contribution in [2.24, 2.45) is 7.05 Å². The maximum absolute atomic E-state index is 14.4. The first kappa shape index (κ1) is 19.9. The molecule has 0 fully saturated rings. The molecule has 1 aromatic carbocycles. The molecule has 0 aliphatic heterocycles. The highest BCUT2D eigenvalue weighted by atomic mass is 19.4. The molecule has 0 saturated heterocycles. The molecule has 0 spiro atoms. The smallest absolute Gasteiger partial charge is 0.306 e. The quantitative estimate of drug-likeness (QED) is 0.732. The molecule has 0 N–H and O–H groups in total. The molecule has 11 heteroatoms. The van der Waals surface area contributed by atoms with Crippen LogP contribution < -0.4 is 16.1 Å². The number of hydrogen-bond donors (Lipinski definition) is 0. The predicted octanol–water partition coefficient (Wildman–Crippen LogP) is 1.38. The molecule has 0 unspecified atom stereocenters. The predicted molar refractivity (Wildman–Crippen MR) is 86.2 cm³/mol. The number of benzene rings is 1. The molecule has 0 aliphatic carbocycles. The number of carbonyl (C=O) groups excluding carboxylic acids is 1. The molecule has 27 heavy (non-hydrogen) atoms. The number of aryl methyl sites for hydroxylation is 1. The Morgan fingerprint density at radius 1 is 1.22 bits per heavy atom. The summed E-state index contributed by atoms with van der Waals surface area (Å²) in [7, 11) is 2.05. The van der Waals surface area contributed by atoms with Crippen molar-refractivity contribution in [3.63, 3.8) is 0 Å². The van der Waals surface area contributed by atoms with Gasteiger partial charge in [0.05, 0.1) is 16.9 Å². The summed E-state index contributed by atoms with van der Waals surface area (Å²) in [5.41, 5.74) is -3.45. The average molecular weight is 384 g/mol. The topological polar surface area (TPSA) is 88.1 Å². The Morgan fingerprint density at radius 2 is 1.81 bits per heavy atom. The zero-order chi connectivity index (χ0) is 20.7. The van der Waals surface area contributed by atoms with Crippen LogP contribution in [0.2, 0.25) is 0 Å². The number of rotatable bonds is 2. The van der Waals surface area contributed by atoms with E-state index in [2.05, 4.69) is 0 Å². The highest BCUT2D eigenvalue weighted by Crippen LogP contribution is 2.28. The van der Waals surface area contributed by atoms with E-state index in [1.165, 1.54) is 20.0 Å². The van der Waals surface area contributed by atoms with Gasteiger partial charge in [-0.05, 0) is 19.1 Å². The number of nitrogens with zero attached hydrogens (tertiary/aromatic N) is 4. The first-order valence-corrected chi connectivity index (χ1v) is 7.28. The standard InChI is InChI=1S/C16H12F4N4O3/c1-8-4-13(25)24(15(27)22(8)2)12-6-11(9(7-21)5-10(12)17)23(3)14(26)16(18,19)20/h4-6H,1-3H3. The first-order valence-electron chi connectivity index (χ1n) is 7.28. The normalized spacial score (nSPS) is 11.2. The van der Waals surface area contributed by atoms with Crippen LogP contribution in [0.5, 0.6) is 0 Å². The van der Waals surface area contributed by atoms with Gasteiger partial charge in [-0.1, -0.05) is 0 Å². The van der Waals surface area contributed by atoms with E-state index in [-0.39, 0.29) is 10.6 Å². The number of carbonyl (C=O) groups is 1. The Balaban J connectivity index is 2.82. The van der Waals surface area contributed by atoms with E-state index >= 15 is 0 Å². The minimum Gasteiger partial charge on any atom is -0.306 e. The lowest BCUT2D eigenvalue weighted by Crippen LogP contribution is -2.40. The van der Waals surface area contributed by atoms with Gasteiger partial charge in [0.1, 0.15) is 11.9 Å². The van der Waals surface area contributed by atoms with Gasteiger partial charge >= 0.3 is 17.8 Å². The molecule has 142 valence electrons. The molecule has 2 aromatic rings. The summed E-state index contributed by atoms with van der Waals surface area (Å²) in [6.45, 7) is 1.46. The molecule has 0 saturated carbocycles. The lowest BCUT2D eigenvalue weighted by atomic mass is 10.1. The van der Waals surface area contributed by atoms with E-state index in [0.717, 1.165) is 17.7 Å². The largest absolute Gasteiger partial charge is 0.471 e. The molecule has 0 atom stereocenters. The van der Waals surface area contributed by atoms with Crippen LogP contribution >= 0.6 is 0 Å². The van der Waals surface area contributed by atoms with Gasteiger partial charge in [0.2, 0.25) is 0 Å². The maximum Gasteiger partial charge on any atom is 0.471 e. The molecular weight excluding hydrogens is 372 g/mol. The minimum atomic E-state index is -5.24. The third kappa shape index (κ3) is 3.46. The van der Waals surface area contributed by atoms with E-state index < -0.39 is 46.1 Å². The van der Waals surface area contributed by atoms with Crippen LogP contribution in [0.1, 0.15) is 11.3 Å². The molecule has 1 heterocycles. The number of amides is 1. The fourth-order valence-corrected chi connectivity index (χ4v) is 2.35. The zero-order valence-corrected chi connectivity index (χ0v) is 14.3. The lowest BCUT2D eigenvalue weighted by molar-refractivity contribution is -0.170. The van der Waals surface area contributed by atoms with Gasteiger partial charge in [-0.15, -0.1) is 0 Å². The Labute approximate surface area is 149 Å². The molecule has 0 bridgehead atoms. The Kier molecular flexibility index (Phi) is 4.95. The highest BCUT2D eigenvalue weighted by molar-refractivity contribution is 5.98. The number of hydrogen-bond acceptors (Lipinski definition) is 4. The second-order valence-corrected chi connectivity index (χ2v) is 5.60. The van der Waals surface area contributed by atoms with E-state index in [0.29, 0.717) is 16.7 Å². The van der Waals surface area contributed by atoms with Gasteiger partial charge in [-0.3, -0.25) is 9.59 Å². The summed E-state index contributed by atoms with van der Waals surface area (Å²) in [4.78, 5) is 36.0. The first-order chi connectivity index (χ1) is 12.4. The van der Waals surface area contributed by atoms with E-state index in [1.54, 1.807) is 0 Å². The van der Waals surface area contributed by atoms with Gasteiger partial charge < -0.3 is 9.47 Å². The van der Waals surface area contributed by atoms with Gasteiger partial charge in [-0.25, -0.2) is 13.8 Å². The Bertz CT molecular complexity index is 1090. The van der Waals surface area contributed by atoms with Crippen LogP contribution in [0.25, 0.3) is 5.69 Å². The van der Waals surface area contributed by atoms with Crippen LogP contribution in [-0.2, 0) is 11.8 Å². The zero-order valence-electron chi connectivity index (χ0n) is 14.3. The second-order valence-electron chi connectivity index (χ2n) is 5.60. The number of anilines is 1. The van der Waals surface area contributed by atoms with Crippen molar-refractivity contribution in [3.8, 4) is 11.8 Å². The molecule has 7 nitrogen and oxygen atoms in total.